The molecule has 2 rings (SSSR count). The number of piperidine rings is 1. The number of rotatable bonds is 8. The van der Waals surface area contributed by atoms with Crippen molar-refractivity contribution in [2.24, 2.45) is 4.99 Å². The molecule has 1 aromatic carbocycles. The molecule has 1 amide bonds. The summed E-state index contributed by atoms with van der Waals surface area (Å²) in [6, 6.07) is 8.91. The Morgan fingerprint density at radius 2 is 1.85 bits per heavy atom. The maximum Gasteiger partial charge on any atom is 0.234 e. The van der Waals surface area contributed by atoms with Gasteiger partial charge in [-0.25, -0.2) is 0 Å². The van der Waals surface area contributed by atoms with Crippen molar-refractivity contribution in [3.63, 3.8) is 0 Å². The van der Waals surface area contributed by atoms with Crippen LogP contribution >= 0.6 is 0 Å². The third-order valence-corrected chi connectivity index (χ3v) is 5.04. The average molecular weight is 374 g/mol. The first-order chi connectivity index (χ1) is 13.2. The van der Waals surface area contributed by atoms with Gasteiger partial charge in [-0.05, 0) is 36.8 Å². The van der Waals surface area contributed by atoms with Crippen molar-refractivity contribution in [3.8, 4) is 0 Å². The largest absolute Gasteiger partial charge is 0.355 e. The number of nitrogens with one attached hydrogen (secondary N) is 3. The van der Waals surface area contributed by atoms with E-state index in [-0.39, 0.29) is 5.91 Å². The highest BCUT2D eigenvalue weighted by atomic mass is 16.2. The molecule has 0 spiro atoms. The van der Waals surface area contributed by atoms with E-state index in [9.17, 15) is 4.79 Å². The van der Waals surface area contributed by atoms with E-state index >= 15 is 0 Å². The van der Waals surface area contributed by atoms with Crippen molar-refractivity contribution in [1.29, 1.82) is 0 Å². The number of carbonyl (C=O) groups is 1. The molecular formula is C21H35N5O. The van der Waals surface area contributed by atoms with Crippen LogP contribution in [0.4, 0.5) is 0 Å². The summed E-state index contributed by atoms with van der Waals surface area (Å²) >= 11 is 0. The van der Waals surface area contributed by atoms with Crippen LogP contribution in [0, 0.1) is 0 Å². The molecule has 0 atom stereocenters. The molecule has 1 aliphatic heterocycles. The topological polar surface area (TPSA) is 68.8 Å². The first kappa shape index (κ1) is 21.2. The van der Waals surface area contributed by atoms with Gasteiger partial charge in [0.25, 0.3) is 0 Å². The average Bonchev–Trinajstić information content (AvgIpc) is 2.71. The van der Waals surface area contributed by atoms with Gasteiger partial charge >= 0.3 is 0 Å². The first-order valence-corrected chi connectivity index (χ1v) is 10.2. The summed E-state index contributed by atoms with van der Waals surface area (Å²) in [6.45, 7) is 8.18. The van der Waals surface area contributed by atoms with Gasteiger partial charge in [-0.2, -0.15) is 0 Å². The van der Waals surface area contributed by atoms with Crippen molar-refractivity contribution in [2.75, 3.05) is 33.2 Å². The number of amides is 1. The summed E-state index contributed by atoms with van der Waals surface area (Å²) < 4.78 is 0. The van der Waals surface area contributed by atoms with Gasteiger partial charge in [0.15, 0.2) is 5.96 Å². The zero-order valence-electron chi connectivity index (χ0n) is 17.1. The Bertz CT molecular complexity index is 608. The van der Waals surface area contributed by atoms with Crippen molar-refractivity contribution < 1.29 is 4.79 Å². The highest BCUT2D eigenvalue weighted by Crippen LogP contribution is 2.11. The minimum Gasteiger partial charge on any atom is -0.355 e. The Balaban J connectivity index is 1.74. The number of likely N-dealkylation sites (tertiary alicyclic amines) is 1. The molecule has 0 aliphatic carbocycles. The van der Waals surface area contributed by atoms with Crippen LogP contribution < -0.4 is 16.0 Å². The highest BCUT2D eigenvalue weighted by molar-refractivity contribution is 5.80. The number of benzene rings is 1. The van der Waals surface area contributed by atoms with Gasteiger partial charge in [-0.15, -0.1) is 0 Å². The molecule has 6 nitrogen and oxygen atoms in total. The summed E-state index contributed by atoms with van der Waals surface area (Å²) in [4.78, 5) is 18.5. The molecular weight excluding hydrogens is 338 g/mol. The second-order valence-electron chi connectivity index (χ2n) is 7.09. The maximum atomic E-state index is 11.9. The maximum absolute atomic E-state index is 11.9. The Morgan fingerprint density at radius 1 is 1.15 bits per heavy atom. The molecule has 27 heavy (non-hydrogen) atoms. The molecule has 0 saturated carbocycles. The predicted octanol–water partition coefficient (Wildman–Crippen LogP) is 1.90. The normalized spacial score (nSPS) is 16.2. The summed E-state index contributed by atoms with van der Waals surface area (Å²) in [6.07, 6.45) is 4.06. The van der Waals surface area contributed by atoms with Gasteiger partial charge in [0.1, 0.15) is 0 Å². The standard InChI is InChI=1S/C21H35N5O/c1-4-12-23-20(27)16-26-13-10-19(11-14-26)25-21(22-3)24-15-18-9-7-6-8-17(18)5-2/h6-9,19H,4-5,10-16H2,1-3H3,(H,23,27)(H2,22,24,25). The third-order valence-electron chi connectivity index (χ3n) is 5.04. The molecule has 1 saturated heterocycles. The predicted molar refractivity (Wildman–Crippen MR) is 112 cm³/mol. The molecule has 150 valence electrons. The fourth-order valence-corrected chi connectivity index (χ4v) is 3.40. The number of nitrogens with zero attached hydrogens (tertiary/aromatic N) is 2. The van der Waals surface area contributed by atoms with E-state index in [2.05, 4.69) is 64.0 Å². The lowest BCUT2D eigenvalue weighted by Crippen LogP contribution is -2.50. The molecule has 3 N–H and O–H groups in total. The van der Waals surface area contributed by atoms with Crippen LogP contribution in [-0.2, 0) is 17.8 Å². The van der Waals surface area contributed by atoms with E-state index in [1.807, 2.05) is 7.05 Å². The number of aryl methyl sites for hydroxylation is 1. The van der Waals surface area contributed by atoms with Gasteiger partial charge in [0, 0.05) is 39.3 Å². The van der Waals surface area contributed by atoms with E-state index in [0.29, 0.717) is 12.6 Å². The Kier molecular flexibility index (Phi) is 9.11. The van der Waals surface area contributed by atoms with Gasteiger partial charge in [-0.3, -0.25) is 14.7 Å². The van der Waals surface area contributed by atoms with Crippen molar-refractivity contribution in [2.45, 2.75) is 52.1 Å². The van der Waals surface area contributed by atoms with Gasteiger partial charge in [0.2, 0.25) is 5.91 Å². The highest BCUT2D eigenvalue weighted by Gasteiger charge is 2.21. The summed E-state index contributed by atoms with van der Waals surface area (Å²) in [5.41, 5.74) is 2.69. The lowest BCUT2D eigenvalue weighted by atomic mass is 10.0. The van der Waals surface area contributed by atoms with Crippen LogP contribution in [0.25, 0.3) is 0 Å². The summed E-state index contributed by atoms with van der Waals surface area (Å²) in [7, 11) is 1.81. The lowest BCUT2D eigenvalue weighted by Gasteiger charge is -2.32. The quantitative estimate of drug-likeness (QED) is 0.481. The van der Waals surface area contributed by atoms with Gasteiger partial charge in [-0.1, -0.05) is 38.1 Å². The second kappa shape index (κ2) is 11.6. The third kappa shape index (κ3) is 7.21. The zero-order chi connectivity index (χ0) is 19.5. The van der Waals surface area contributed by atoms with Crippen LogP contribution in [0.3, 0.4) is 0 Å². The molecule has 1 aromatic rings. The minimum atomic E-state index is 0.135. The Labute approximate surface area is 163 Å². The monoisotopic (exact) mass is 373 g/mol. The number of hydrogen-bond acceptors (Lipinski definition) is 3. The molecule has 0 radical (unpaired) electrons. The Morgan fingerprint density at radius 3 is 2.48 bits per heavy atom. The van der Waals surface area contributed by atoms with Crippen LogP contribution in [0.5, 0.6) is 0 Å². The van der Waals surface area contributed by atoms with Gasteiger partial charge in [0.05, 0.1) is 6.54 Å². The zero-order valence-corrected chi connectivity index (χ0v) is 17.1. The van der Waals surface area contributed by atoms with E-state index < -0.39 is 0 Å². The second-order valence-corrected chi connectivity index (χ2v) is 7.09. The fraction of sp³-hybridized carbons (Fsp3) is 0.619. The lowest BCUT2D eigenvalue weighted by molar-refractivity contribution is -0.122. The van der Waals surface area contributed by atoms with E-state index in [1.54, 1.807) is 0 Å². The molecule has 0 unspecified atom stereocenters. The van der Waals surface area contributed by atoms with Crippen LogP contribution in [-0.4, -0.2) is 56.0 Å². The molecule has 0 bridgehead atoms. The van der Waals surface area contributed by atoms with E-state index in [0.717, 1.165) is 57.8 Å². The number of carbonyl (C=O) groups excluding carboxylic acids is 1. The number of guanidine groups is 1. The molecule has 1 heterocycles. The smallest absolute Gasteiger partial charge is 0.234 e. The SMILES string of the molecule is CCCNC(=O)CN1CCC(NC(=NC)NCc2ccccc2CC)CC1. The first-order valence-electron chi connectivity index (χ1n) is 10.2. The van der Waals surface area contributed by atoms with Crippen LogP contribution in [0.1, 0.15) is 44.2 Å². The molecule has 0 aromatic heterocycles. The van der Waals surface area contributed by atoms with E-state index in [4.69, 9.17) is 0 Å². The van der Waals surface area contributed by atoms with Crippen LogP contribution in [0.15, 0.2) is 29.3 Å². The van der Waals surface area contributed by atoms with Crippen LogP contribution in [0.2, 0.25) is 0 Å². The summed E-state index contributed by atoms with van der Waals surface area (Å²) in [5.74, 6) is 0.982. The Hall–Kier alpha value is -2.08. The van der Waals surface area contributed by atoms with Crippen molar-refractivity contribution in [1.82, 2.24) is 20.9 Å². The fourth-order valence-electron chi connectivity index (χ4n) is 3.40. The molecule has 1 aliphatic rings. The number of aliphatic imine (C=N–C) groups is 1. The molecule has 1 fully saturated rings. The van der Waals surface area contributed by atoms with Crippen molar-refractivity contribution >= 4 is 11.9 Å². The van der Waals surface area contributed by atoms with Crippen molar-refractivity contribution in [3.05, 3.63) is 35.4 Å². The minimum absolute atomic E-state index is 0.135. The molecule has 6 heteroatoms. The summed E-state index contributed by atoms with van der Waals surface area (Å²) in [5, 5.41) is 9.92. The van der Waals surface area contributed by atoms with E-state index in [1.165, 1.54) is 11.1 Å². The number of hydrogen-bond donors (Lipinski definition) is 3. The van der Waals surface area contributed by atoms with Gasteiger partial charge < -0.3 is 16.0 Å².